The Morgan fingerprint density at radius 2 is 1.02 bits per heavy atom. The van der Waals surface area contributed by atoms with Crippen molar-refractivity contribution in [1.82, 2.24) is 0 Å². The average molecular weight is 553 g/mol. The Morgan fingerprint density at radius 3 is 1.38 bits per heavy atom. The normalized spacial score (nSPS) is 18.1. The fourth-order valence-electron chi connectivity index (χ4n) is 4.37. The Kier molecular flexibility index (Phi) is 13.8. The van der Waals surface area contributed by atoms with Crippen LogP contribution in [0.15, 0.2) is 86.0 Å². The highest BCUT2D eigenvalue weighted by Crippen LogP contribution is 2.29. The number of para-hydroxylation sites is 2. The molecule has 1 fully saturated rings. The molecular weight excluding hydrogens is 512 g/mol. The summed E-state index contributed by atoms with van der Waals surface area (Å²) in [5.74, 6) is 1.27. The maximum Gasteiger partial charge on any atom is 0.330 e. The fourth-order valence-corrected chi connectivity index (χ4v) is 4.37. The Bertz CT molecular complexity index is 934. The monoisotopic (exact) mass is 552 g/mol. The van der Waals surface area contributed by atoms with Gasteiger partial charge in [-0.15, -0.1) is 0 Å². The van der Waals surface area contributed by atoms with Crippen LogP contribution < -0.4 is 9.47 Å². The second-order valence-corrected chi connectivity index (χ2v) is 9.74. The topological polar surface area (TPSA) is 89.5 Å². The summed E-state index contributed by atoms with van der Waals surface area (Å²) in [5.41, 5.74) is 0. The first kappa shape index (κ1) is 30.9. The van der Waals surface area contributed by atoms with E-state index in [1.165, 1.54) is 0 Å². The minimum Gasteiger partial charge on any atom is -0.490 e. The predicted molar refractivity (Wildman–Crippen MR) is 151 cm³/mol. The summed E-state index contributed by atoms with van der Waals surface area (Å²) in [5, 5.41) is 0. The zero-order valence-electron chi connectivity index (χ0n) is 23.0. The van der Waals surface area contributed by atoms with Crippen molar-refractivity contribution in [2.75, 3.05) is 39.6 Å². The van der Waals surface area contributed by atoms with Crippen molar-refractivity contribution < 1.29 is 38.0 Å². The lowest BCUT2D eigenvalue weighted by atomic mass is 9.83. The minimum atomic E-state index is -0.524. The highest BCUT2D eigenvalue weighted by atomic mass is 16.6. The number of carbonyl (C=O) groups is 2. The van der Waals surface area contributed by atoms with Gasteiger partial charge in [-0.25, -0.2) is 9.59 Å². The first-order valence-electron chi connectivity index (χ1n) is 13.7. The van der Waals surface area contributed by atoms with Gasteiger partial charge in [0.1, 0.15) is 24.7 Å². The smallest absolute Gasteiger partial charge is 0.330 e. The molecule has 0 N–H and O–H groups in total. The van der Waals surface area contributed by atoms with Crippen LogP contribution in [-0.2, 0) is 28.5 Å². The summed E-state index contributed by atoms with van der Waals surface area (Å²) < 4.78 is 34.1. The molecule has 1 aliphatic carbocycles. The van der Waals surface area contributed by atoms with E-state index in [4.69, 9.17) is 28.4 Å². The van der Waals surface area contributed by atoms with Gasteiger partial charge in [0.2, 0.25) is 0 Å². The van der Waals surface area contributed by atoms with Gasteiger partial charge in [0.15, 0.2) is 12.2 Å². The number of benzene rings is 2. The molecule has 0 amide bonds. The van der Waals surface area contributed by atoms with Crippen LogP contribution in [0.4, 0.5) is 0 Å². The van der Waals surface area contributed by atoms with E-state index in [0.29, 0.717) is 36.5 Å². The highest BCUT2D eigenvalue weighted by molar-refractivity contribution is 5.81. The molecule has 0 bridgehead atoms. The lowest BCUT2D eigenvalue weighted by Gasteiger charge is -2.29. The molecule has 0 spiro atoms. The van der Waals surface area contributed by atoms with E-state index in [9.17, 15) is 9.59 Å². The van der Waals surface area contributed by atoms with E-state index >= 15 is 0 Å². The van der Waals surface area contributed by atoms with Crippen molar-refractivity contribution >= 4 is 11.9 Å². The molecule has 40 heavy (non-hydrogen) atoms. The minimum absolute atomic E-state index is 0.202. The van der Waals surface area contributed by atoms with Crippen molar-refractivity contribution in [3.63, 3.8) is 0 Å². The van der Waals surface area contributed by atoms with Gasteiger partial charge in [-0.05, 0) is 61.8 Å². The van der Waals surface area contributed by atoms with Crippen LogP contribution >= 0.6 is 0 Å². The number of ether oxygens (including phenoxy) is 6. The third-order valence-electron chi connectivity index (χ3n) is 6.54. The van der Waals surface area contributed by atoms with Gasteiger partial charge < -0.3 is 28.4 Å². The molecule has 216 valence electrons. The summed E-state index contributed by atoms with van der Waals surface area (Å²) in [7, 11) is 0. The molecular formula is C32H40O8. The molecule has 0 radical (unpaired) electrons. The van der Waals surface area contributed by atoms with Crippen molar-refractivity contribution in [3.05, 3.63) is 86.0 Å². The van der Waals surface area contributed by atoms with E-state index < -0.39 is 24.1 Å². The molecule has 0 saturated heterocycles. The zero-order chi connectivity index (χ0) is 28.4. The molecule has 0 aliphatic heterocycles. The molecule has 1 aliphatic rings. The quantitative estimate of drug-likeness (QED) is 0.185. The van der Waals surface area contributed by atoms with Gasteiger partial charge in [0, 0.05) is 25.4 Å². The van der Waals surface area contributed by atoms with Crippen LogP contribution in [0.25, 0.3) is 0 Å². The van der Waals surface area contributed by atoms with Crippen molar-refractivity contribution in [2.45, 2.75) is 37.9 Å². The second-order valence-electron chi connectivity index (χ2n) is 9.74. The van der Waals surface area contributed by atoms with E-state index in [1.807, 2.05) is 60.7 Å². The number of hydrogen-bond donors (Lipinski definition) is 0. The first-order chi connectivity index (χ1) is 19.6. The Labute approximate surface area is 236 Å². The molecule has 2 unspecified atom stereocenters. The lowest BCUT2D eigenvalue weighted by Crippen LogP contribution is -2.31. The molecule has 2 aromatic carbocycles. The molecule has 0 heterocycles. The van der Waals surface area contributed by atoms with Crippen molar-refractivity contribution in [1.29, 1.82) is 0 Å². The highest BCUT2D eigenvalue weighted by Gasteiger charge is 2.23. The van der Waals surface area contributed by atoms with Gasteiger partial charge in [-0.1, -0.05) is 49.6 Å². The molecule has 8 heteroatoms. The third-order valence-corrected chi connectivity index (χ3v) is 6.54. The Morgan fingerprint density at radius 1 is 0.650 bits per heavy atom. The summed E-state index contributed by atoms with van der Waals surface area (Å²) in [6.07, 6.45) is 5.33. The number of hydrogen-bond acceptors (Lipinski definition) is 8. The number of rotatable bonds is 18. The third kappa shape index (κ3) is 12.1. The van der Waals surface area contributed by atoms with Crippen LogP contribution in [0.3, 0.4) is 0 Å². The van der Waals surface area contributed by atoms with E-state index in [1.54, 1.807) is 0 Å². The maximum absolute atomic E-state index is 11.7. The van der Waals surface area contributed by atoms with Gasteiger partial charge in [0.25, 0.3) is 0 Å². The van der Waals surface area contributed by atoms with Gasteiger partial charge in [-0.2, -0.15) is 0 Å². The Hall–Kier alpha value is -3.62. The number of carbonyl (C=O) groups excluding carboxylic acids is 2. The van der Waals surface area contributed by atoms with E-state index in [-0.39, 0.29) is 26.4 Å². The van der Waals surface area contributed by atoms with Crippen molar-refractivity contribution in [2.24, 2.45) is 11.8 Å². The predicted octanol–water partition coefficient (Wildman–Crippen LogP) is 5.18. The SMILES string of the molecule is C=CC(=O)OC(COCC1CCC(COCC(COc2ccccc2)OC(=O)C=C)CC1)COc1ccccc1. The molecule has 3 rings (SSSR count). The zero-order valence-corrected chi connectivity index (χ0v) is 23.0. The molecule has 0 aromatic heterocycles. The average Bonchev–Trinajstić information content (AvgIpc) is 3.00. The van der Waals surface area contributed by atoms with Gasteiger partial charge >= 0.3 is 11.9 Å². The second kappa shape index (κ2) is 17.9. The van der Waals surface area contributed by atoms with E-state index in [0.717, 1.165) is 37.8 Å². The van der Waals surface area contributed by atoms with Crippen LogP contribution in [0.1, 0.15) is 25.7 Å². The Balaban J connectivity index is 1.33. The van der Waals surface area contributed by atoms with Gasteiger partial charge in [-0.3, -0.25) is 0 Å². The lowest BCUT2D eigenvalue weighted by molar-refractivity contribution is -0.149. The van der Waals surface area contributed by atoms with Crippen LogP contribution in [0, 0.1) is 11.8 Å². The maximum atomic E-state index is 11.7. The van der Waals surface area contributed by atoms with Crippen LogP contribution in [-0.4, -0.2) is 63.8 Å². The van der Waals surface area contributed by atoms with Gasteiger partial charge in [0.05, 0.1) is 13.2 Å². The molecule has 2 atom stereocenters. The molecule has 1 saturated carbocycles. The molecule has 2 aromatic rings. The summed E-state index contributed by atoms with van der Waals surface area (Å²) in [4.78, 5) is 23.5. The van der Waals surface area contributed by atoms with Crippen LogP contribution in [0.2, 0.25) is 0 Å². The first-order valence-corrected chi connectivity index (χ1v) is 13.7. The summed E-state index contributed by atoms with van der Waals surface area (Å²) in [6.45, 7) is 9.03. The fraction of sp³-hybridized carbons (Fsp3) is 0.438. The van der Waals surface area contributed by atoms with E-state index in [2.05, 4.69) is 13.2 Å². The number of esters is 2. The van der Waals surface area contributed by atoms with Crippen molar-refractivity contribution in [3.8, 4) is 11.5 Å². The standard InChI is InChI=1S/C32H40O8/c1-3-31(33)39-29(23-37-27-11-7-5-8-12-27)21-35-19-25-15-17-26(18-16-25)20-36-22-30(40-32(34)4-2)24-38-28-13-9-6-10-14-28/h3-14,25-26,29-30H,1-2,15-24H2. The van der Waals surface area contributed by atoms with Crippen LogP contribution in [0.5, 0.6) is 11.5 Å². The summed E-state index contributed by atoms with van der Waals surface area (Å²) >= 11 is 0. The largest absolute Gasteiger partial charge is 0.490 e. The molecule has 8 nitrogen and oxygen atoms in total. The summed E-state index contributed by atoms with van der Waals surface area (Å²) in [6, 6.07) is 18.7.